The van der Waals surface area contributed by atoms with Crippen molar-refractivity contribution < 1.29 is 0 Å². The first-order chi connectivity index (χ1) is 4.61. The first kappa shape index (κ1) is 8.04. The van der Waals surface area contributed by atoms with Crippen LogP contribution in [0.15, 0.2) is 4.60 Å². The van der Waals surface area contributed by atoms with Crippen molar-refractivity contribution in [1.29, 1.82) is 0 Å². The number of nitrogens with zero attached hydrogens (tertiary/aromatic N) is 2. The molecule has 0 amide bonds. The highest BCUT2D eigenvalue weighted by Crippen LogP contribution is 2.22. The zero-order valence-electron chi connectivity index (χ0n) is 4.61. The molecule has 10 heavy (non-hydrogen) atoms. The van der Waals surface area contributed by atoms with Crippen LogP contribution in [0.2, 0.25) is 10.3 Å². The van der Waals surface area contributed by atoms with Gasteiger partial charge in [0.1, 0.15) is 4.60 Å². The molecule has 0 fully saturated rings. The van der Waals surface area contributed by atoms with Gasteiger partial charge in [-0.05, 0) is 15.9 Å². The number of aromatic nitrogens is 2. The van der Waals surface area contributed by atoms with E-state index in [0.717, 1.165) is 0 Å². The van der Waals surface area contributed by atoms with Gasteiger partial charge in [0, 0.05) is 0 Å². The van der Waals surface area contributed by atoms with Crippen molar-refractivity contribution in [2.24, 2.45) is 0 Å². The maximum Gasteiger partial charge on any atom is 0.172 e. The first-order valence-electron chi connectivity index (χ1n) is 2.25. The molecule has 1 aromatic rings. The molecule has 0 unspecified atom stereocenters. The summed E-state index contributed by atoms with van der Waals surface area (Å²) in [6.07, 6.45) is 0. The van der Waals surface area contributed by atoms with Gasteiger partial charge in [0.25, 0.3) is 0 Å². The van der Waals surface area contributed by atoms with Gasteiger partial charge in [-0.25, -0.2) is 9.97 Å². The molecule has 0 saturated heterocycles. The number of anilines is 1. The van der Waals surface area contributed by atoms with Crippen molar-refractivity contribution in [3.8, 4) is 0 Å². The Balaban J connectivity index is 3.28. The zero-order valence-corrected chi connectivity index (χ0v) is 7.70. The van der Waals surface area contributed by atoms with Crippen molar-refractivity contribution in [3.63, 3.8) is 0 Å². The number of rotatable bonds is 0. The summed E-state index contributed by atoms with van der Waals surface area (Å²) in [5, 5.41) is 0.359. The second kappa shape index (κ2) is 2.90. The van der Waals surface area contributed by atoms with E-state index in [9.17, 15) is 0 Å². The summed E-state index contributed by atoms with van der Waals surface area (Å²) in [5.74, 6) is 0.134. The molecule has 1 heterocycles. The second-order valence-electron chi connectivity index (χ2n) is 1.48. The predicted molar refractivity (Wildman–Crippen MR) is 44.2 cm³/mol. The molecule has 0 spiro atoms. The fourth-order valence-electron chi connectivity index (χ4n) is 0.388. The van der Waals surface area contributed by atoms with E-state index in [-0.39, 0.29) is 16.1 Å². The van der Waals surface area contributed by atoms with E-state index in [1.54, 1.807) is 0 Å². The van der Waals surface area contributed by atoms with Gasteiger partial charge in [-0.15, -0.1) is 0 Å². The zero-order chi connectivity index (χ0) is 7.72. The summed E-state index contributed by atoms with van der Waals surface area (Å²) < 4.78 is 0.397. The van der Waals surface area contributed by atoms with Crippen LogP contribution < -0.4 is 5.73 Å². The second-order valence-corrected chi connectivity index (χ2v) is 2.95. The van der Waals surface area contributed by atoms with Gasteiger partial charge >= 0.3 is 0 Å². The van der Waals surface area contributed by atoms with E-state index < -0.39 is 0 Å². The fourth-order valence-corrected chi connectivity index (χ4v) is 1.02. The molecule has 2 N–H and O–H groups in total. The van der Waals surface area contributed by atoms with Crippen LogP contribution in [0.1, 0.15) is 0 Å². The van der Waals surface area contributed by atoms with Crippen molar-refractivity contribution in [2.45, 2.75) is 0 Å². The minimum Gasteiger partial charge on any atom is -0.381 e. The monoisotopic (exact) mass is 241 g/mol. The Morgan fingerprint density at radius 3 is 2.30 bits per heavy atom. The molecule has 0 atom stereocenters. The topological polar surface area (TPSA) is 51.8 Å². The Morgan fingerprint density at radius 2 is 1.80 bits per heavy atom. The Labute approximate surface area is 75.7 Å². The highest BCUT2D eigenvalue weighted by molar-refractivity contribution is 9.10. The first-order valence-corrected chi connectivity index (χ1v) is 3.80. The van der Waals surface area contributed by atoms with E-state index in [4.69, 9.17) is 28.9 Å². The molecule has 1 rings (SSSR count). The molecule has 3 nitrogen and oxygen atoms in total. The summed E-state index contributed by atoms with van der Waals surface area (Å²) in [4.78, 5) is 7.41. The highest BCUT2D eigenvalue weighted by atomic mass is 79.9. The van der Waals surface area contributed by atoms with Crippen LogP contribution in [0.25, 0.3) is 0 Å². The number of nitrogen functional groups attached to an aromatic ring is 1. The Bertz CT molecular complexity index is 215. The Hall–Kier alpha value is -0.0600. The van der Waals surface area contributed by atoms with Crippen LogP contribution in [0.3, 0.4) is 0 Å². The molecular weight excluding hydrogens is 241 g/mol. The van der Waals surface area contributed by atoms with E-state index in [2.05, 4.69) is 25.9 Å². The molecule has 1 aromatic heterocycles. The van der Waals surface area contributed by atoms with Crippen molar-refractivity contribution in [2.75, 3.05) is 5.73 Å². The minimum absolute atomic E-state index is 0.134. The quantitative estimate of drug-likeness (QED) is 0.759. The maximum absolute atomic E-state index is 5.53. The lowest BCUT2D eigenvalue weighted by atomic mass is 10.7. The average molecular weight is 243 g/mol. The lowest BCUT2D eigenvalue weighted by molar-refractivity contribution is 1.17. The average Bonchev–Trinajstić information content (AvgIpc) is 1.84. The van der Waals surface area contributed by atoms with Crippen molar-refractivity contribution in [3.05, 3.63) is 14.9 Å². The Morgan fingerprint density at radius 1 is 1.20 bits per heavy atom. The van der Waals surface area contributed by atoms with E-state index in [1.807, 2.05) is 0 Å². The summed E-state index contributed by atoms with van der Waals surface area (Å²) in [5.41, 5.74) is 5.28. The highest BCUT2D eigenvalue weighted by Gasteiger charge is 2.04. The SMILES string of the molecule is Nc1nc(Cl)c(Br)nc1Cl. The lowest BCUT2D eigenvalue weighted by Gasteiger charge is -1.97. The minimum atomic E-state index is 0.134. The molecule has 54 valence electrons. The van der Waals surface area contributed by atoms with Crippen LogP contribution in [-0.2, 0) is 0 Å². The summed E-state index contributed by atoms with van der Waals surface area (Å²) >= 11 is 14.1. The van der Waals surface area contributed by atoms with Crippen LogP contribution in [-0.4, -0.2) is 9.97 Å². The standard InChI is InChI=1S/C4H2BrCl2N3/c5-1-2(6)10-4(8)3(7)9-1/h(H2,8,10). The molecule has 0 aliphatic heterocycles. The van der Waals surface area contributed by atoms with Gasteiger partial charge in [0.2, 0.25) is 0 Å². The molecule has 0 bridgehead atoms. The van der Waals surface area contributed by atoms with E-state index in [0.29, 0.717) is 4.60 Å². The van der Waals surface area contributed by atoms with E-state index >= 15 is 0 Å². The molecule has 0 aliphatic rings. The largest absolute Gasteiger partial charge is 0.381 e. The molecule has 0 aromatic carbocycles. The van der Waals surface area contributed by atoms with E-state index in [1.165, 1.54) is 0 Å². The van der Waals surface area contributed by atoms with Crippen molar-refractivity contribution in [1.82, 2.24) is 9.97 Å². The lowest BCUT2D eigenvalue weighted by Crippen LogP contribution is -1.94. The van der Waals surface area contributed by atoms with Crippen LogP contribution in [0, 0.1) is 0 Å². The van der Waals surface area contributed by atoms with Gasteiger partial charge in [-0.2, -0.15) is 0 Å². The smallest absolute Gasteiger partial charge is 0.172 e. The number of hydrogen-bond acceptors (Lipinski definition) is 3. The molecule has 0 aliphatic carbocycles. The molecule has 6 heteroatoms. The fraction of sp³-hybridized carbons (Fsp3) is 0. The number of hydrogen-bond donors (Lipinski definition) is 1. The third kappa shape index (κ3) is 1.51. The predicted octanol–water partition coefficient (Wildman–Crippen LogP) is 2.13. The van der Waals surface area contributed by atoms with Crippen LogP contribution in [0.5, 0.6) is 0 Å². The van der Waals surface area contributed by atoms with Crippen molar-refractivity contribution >= 4 is 44.9 Å². The molecular formula is C4H2BrCl2N3. The third-order valence-electron chi connectivity index (χ3n) is 0.797. The molecule has 0 radical (unpaired) electrons. The van der Waals surface area contributed by atoms with Gasteiger partial charge in [-0.3, -0.25) is 0 Å². The summed E-state index contributed by atoms with van der Waals surface area (Å²) in [6, 6.07) is 0. The third-order valence-corrected chi connectivity index (χ3v) is 2.12. The van der Waals surface area contributed by atoms with Gasteiger partial charge in [0.05, 0.1) is 0 Å². The number of nitrogens with two attached hydrogens (primary N) is 1. The normalized spacial score (nSPS) is 9.90. The van der Waals surface area contributed by atoms with Crippen LogP contribution in [0.4, 0.5) is 5.82 Å². The summed E-state index contributed by atoms with van der Waals surface area (Å²) in [6.45, 7) is 0. The Kier molecular flexibility index (Phi) is 2.33. The summed E-state index contributed by atoms with van der Waals surface area (Å²) in [7, 11) is 0. The van der Waals surface area contributed by atoms with Gasteiger partial charge in [0.15, 0.2) is 16.1 Å². The van der Waals surface area contributed by atoms with Gasteiger partial charge in [-0.1, -0.05) is 23.2 Å². The molecule has 0 saturated carbocycles. The maximum atomic E-state index is 5.53. The van der Waals surface area contributed by atoms with Gasteiger partial charge < -0.3 is 5.73 Å². The van der Waals surface area contributed by atoms with Crippen LogP contribution >= 0.6 is 39.1 Å². The number of halogens is 3.